The van der Waals surface area contributed by atoms with Crippen LogP contribution >= 0.6 is 15.9 Å². The second-order valence-corrected chi connectivity index (χ2v) is 13.8. The number of hydrogen-bond acceptors (Lipinski definition) is 7. The maximum absolute atomic E-state index is 12.3. The fraction of sp³-hybridized carbons (Fsp3) is 0.500. The number of aromatic nitrogens is 2. The largest absolute Gasteiger partial charge is 0.388 e. The van der Waals surface area contributed by atoms with Gasteiger partial charge in [0.25, 0.3) is 10.0 Å². The summed E-state index contributed by atoms with van der Waals surface area (Å²) < 4.78 is 28.5. The zero-order chi connectivity index (χ0) is 23.6. The summed E-state index contributed by atoms with van der Waals surface area (Å²) in [7, 11) is -4.35. The zero-order valence-electron chi connectivity index (χ0n) is 18.8. The highest BCUT2D eigenvalue weighted by molar-refractivity contribution is 9.10. The summed E-state index contributed by atoms with van der Waals surface area (Å²) in [6, 6.07) is 7.09. The predicted octanol–water partition coefficient (Wildman–Crippen LogP) is 4.47. The van der Waals surface area contributed by atoms with Gasteiger partial charge in [-0.05, 0) is 88.0 Å². The van der Waals surface area contributed by atoms with Crippen molar-refractivity contribution in [1.29, 1.82) is 0 Å². The van der Waals surface area contributed by atoms with Crippen LogP contribution in [0.1, 0.15) is 41.5 Å². The van der Waals surface area contributed by atoms with Crippen LogP contribution in [0.4, 0.5) is 17.5 Å². The Morgan fingerprint density at radius 2 is 1.74 bits per heavy atom. The molecule has 1 unspecified atom stereocenters. The molecule has 0 amide bonds. The van der Waals surface area contributed by atoms with Gasteiger partial charge in [0.1, 0.15) is 5.82 Å². The molecule has 0 fully saturated rings. The van der Waals surface area contributed by atoms with Gasteiger partial charge in [-0.3, -0.25) is 0 Å². The van der Waals surface area contributed by atoms with E-state index in [0.29, 0.717) is 16.2 Å². The molecule has 11 heteroatoms. The Morgan fingerprint density at radius 3 is 2.26 bits per heavy atom. The number of nitrogens with zero attached hydrogens (tertiary/aromatic N) is 3. The SMILES string of the molecule is C[C@@H](Nc1nc(Nc2ccc(/S(C)=N/S(=O)(=O)C(C)(C)C)cc2)ncc1Br)C(C)(C)O. The lowest BCUT2D eigenvalue weighted by Crippen LogP contribution is -2.39. The second-order valence-electron chi connectivity index (χ2n) is 8.70. The molecule has 2 rings (SSSR count). The van der Waals surface area contributed by atoms with Crippen LogP contribution in [0.2, 0.25) is 0 Å². The number of rotatable bonds is 7. The first-order chi connectivity index (χ1) is 14.1. The summed E-state index contributed by atoms with van der Waals surface area (Å²) in [5.41, 5.74) is -0.167. The summed E-state index contributed by atoms with van der Waals surface area (Å²) >= 11 is 3.42. The summed E-state index contributed by atoms with van der Waals surface area (Å²) in [5.74, 6) is 0.946. The van der Waals surface area contributed by atoms with E-state index in [1.165, 1.54) is 0 Å². The number of benzene rings is 1. The number of anilines is 3. The van der Waals surface area contributed by atoms with Crippen molar-refractivity contribution in [3.8, 4) is 0 Å². The van der Waals surface area contributed by atoms with Gasteiger partial charge >= 0.3 is 0 Å². The van der Waals surface area contributed by atoms with Crippen LogP contribution in [0.15, 0.2) is 43.6 Å². The van der Waals surface area contributed by atoms with Crippen molar-refractivity contribution in [1.82, 2.24) is 9.97 Å². The molecule has 8 nitrogen and oxygen atoms in total. The smallest absolute Gasteiger partial charge is 0.263 e. The standard InChI is InChI=1S/C20H30BrN5O3S2/c1-13(20(5,6)27)23-17-16(21)12-22-18(25-17)24-14-8-10-15(11-9-14)30(7)26-31(28,29)19(2,3)4/h8-13,27H,1-7H3,(H2,22,23,24,25)/t13-,30?/m1/s1. The Kier molecular flexibility index (Phi) is 7.89. The van der Waals surface area contributed by atoms with E-state index in [0.717, 1.165) is 10.6 Å². The summed E-state index contributed by atoms with van der Waals surface area (Å²) in [6.45, 7) is 10.2. The highest BCUT2D eigenvalue weighted by Crippen LogP contribution is 2.25. The van der Waals surface area contributed by atoms with Crippen molar-refractivity contribution < 1.29 is 13.5 Å². The third-order valence-corrected chi connectivity index (χ3v) is 9.35. The van der Waals surface area contributed by atoms with Gasteiger partial charge in [0.2, 0.25) is 5.95 Å². The molecule has 0 spiro atoms. The van der Waals surface area contributed by atoms with Gasteiger partial charge in [0, 0.05) is 16.8 Å². The van der Waals surface area contributed by atoms with Crippen molar-refractivity contribution in [3.05, 3.63) is 34.9 Å². The van der Waals surface area contributed by atoms with Crippen molar-refractivity contribution in [2.45, 2.75) is 62.8 Å². The number of sulfonamides is 1. The topological polar surface area (TPSA) is 117 Å². The van der Waals surface area contributed by atoms with Crippen LogP contribution in [-0.2, 0) is 20.7 Å². The maximum atomic E-state index is 12.3. The van der Waals surface area contributed by atoms with Crippen LogP contribution in [0.5, 0.6) is 0 Å². The molecule has 1 aromatic heterocycles. The van der Waals surface area contributed by atoms with Gasteiger partial charge in [-0.1, -0.05) is 10.7 Å². The highest BCUT2D eigenvalue weighted by atomic mass is 79.9. The first kappa shape index (κ1) is 25.7. The van der Waals surface area contributed by atoms with E-state index < -0.39 is 31.1 Å². The highest BCUT2D eigenvalue weighted by Gasteiger charge is 2.28. The van der Waals surface area contributed by atoms with E-state index >= 15 is 0 Å². The molecule has 2 atom stereocenters. The molecule has 31 heavy (non-hydrogen) atoms. The zero-order valence-corrected chi connectivity index (χ0v) is 22.0. The van der Waals surface area contributed by atoms with Crippen molar-refractivity contribution in [3.63, 3.8) is 0 Å². The molecule has 2 aromatic rings. The average molecular weight is 533 g/mol. The van der Waals surface area contributed by atoms with E-state index in [1.54, 1.807) is 47.1 Å². The first-order valence-electron chi connectivity index (χ1n) is 9.62. The molecule has 0 saturated carbocycles. The normalized spacial score (nSPS) is 14.9. The van der Waals surface area contributed by atoms with Gasteiger partial charge in [-0.25, -0.2) is 13.4 Å². The molecule has 0 aliphatic rings. The Balaban J connectivity index is 2.19. The second kappa shape index (κ2) is 9.51. The minimum Gasteiger partial charge on any atom is -0.388 e. The minimum atomic E-state index is -3.56. The summed E-state index contributed by atoms with van der Waals surface area (Å²) in [6.07, 6.45) is 3.41. The fourth-order valence-corrected chi connectivity index (χ4v) is 5.33. The van der Waals surface area contributed by atoms with Crippen molar-refractivity contribution in [2.24, 2.45) is 3.77 Å². The van der Waals surface area contributed by atoms with Gasteiger partial charge in [0.15, 0.2) is 0 Å². The van der Waals surface area contributed by atoms with Crippen LogP contribution in [0, 0.1) is 0 Å². The first-order valence-corrected chi connectivity index (χ1v) is 13.4. The van der Waals surface area contributed by atoms with Crippen molar-refractivity contribution in [2.75, 3.05) is 16.9 Å². The lowest BCUT2D eigenvalue weighted by atomic mass is 10.0. The molecule has 172 valence electrons. The Morgan fingerprint density at radius 1 is 1.16 bits per heavy atom. The average Bonchev–Trinajstić information content (AvgIpc) is 2.63. The molecule has 0 aliphatic carbocycles. The van der Waals surface area contributed by atoms with Crippen LogP contribution in [0.25, 0.3) is 0 Å². The number of nitrogens with one attached hydrogen (secondary N) is 2. The fourth-order valence-electron chi connectivity index (χ4n) is 2.08. The van der Waals surface area contributed by atoms with Crippen LogP contribution in [0.3, 0.4) is 0 Å². The van der Waals surface area contributed by atoms with Gasteiger partial charge in [0.05, 0.1) is 20.9 Å². The van der Waals surface area contributed by atoms with Gasteiger partial charge < -0.3 is 15.7 Å². The molecule has 0 aliphatic heterocycles. The van der Waals surface area contributed by atoms with Gasteiger partial charge in [-0.15, -0.1) is 3.77 Å². The quantitative estimate of drug-likeness (QED) is 0.482. The molecule has 0 radical (unpaired) electrons. The van der Waals surface area contributed by atoms with Crippen LogP contribution < -0.4 is 10.6 Å². The molecular formula is C20H30BrN5O3S2. The summed E-state index contributed by atoms with van der Waals surface area (Å²) in [4.78, 5) is 9.55. The molecule has 0 bridgehead atoms. The third-order valence-electron chi connectivity index (χ3n) is 4.59. The van der Waals surface area contributed by atoms with E-state index in [2.05, 4.69) is 40.3 Å². The lowest BCUT2D eigenvalue weighted by molar-refractivity contribution is 0.0647. The molecule has 1 aromatic carbocycles. The van der Waals surface area contributed by atoms with E-state index in [-0.39, 0.29) is 6.04 Å². The number of hydrogen-bond donors (Lipinski definition) is 3. The van der Waals surface area contributed by atoms with Crippen LogP contribution in [-0.4, -0.2) is 46.1 Å². The van der Waals surface area contributed by atoms with E-state index in [4.69, 9.17) is 0 Å². The molecule has 3 N–H and O–H groups in total. The Labute approximate surface area is 195 Å². The maximum Gasteiger partial charge on any atom is 0.263 e. The Hall–Kier alpha value is -1.56. The molecule has 0 saturated heterocycles. The lowest BCUT2D eigenvalue weighted by Gasteiger charge is -2.27. The van der Waals surface area contributed by atoms with E-state index in [1.807, 2.05) is 31.2 Å². The minimum absolute atomic E-state index is 0.235. The Bertz CT molecular complexity index is 1060. The molecule has 1 heterocycles. The monoisotopic (exact) mass is 531 g/mol. The predicted molar refractivity (Wildman–Crippen MR) is 131 cm³/mol. The molecular weight excluding hydrogens is 502 g/mol. The third kappa shape index (κ3) is 6.96. The number of aliphatic hydroxyl groups is 1. The summed E-state index contributed by atoms with van der Waals surface area (Å²) in [5, 5.41) is 16.5. The number of halogens is 1. The van der Waals surface area contributed by atoms with Gasteiger partial charge in [-0.2, -0.15) is 4.98 Å². The van der Waals surface area contributed by atoms with E-state index in [9.17, 15) is 13.5 Å². The van der Waals surface area contributed by atoms with Crippen molar-refractivity contribution >= 4 is 54.1 Å².